The van der Waals surface area contributed by atoms with Crippen LogP contribution >= 0.6 is 0 Å². The van der Waals surface area contributed by atoms with Crippen molar-refractivity contribution in [3.05, 3.63) is 23.9 Å². The number of carbonyl (C=O) groups excluding carboxylic acids is 1. The molecule has 0 spiro atoms. The maximum atomic E-state index is 12.9. The average Bonchev–Trinajstić information content (AvgIpc) is 2.66. The smallest absolute Gasteiger partial charge is 0.340 e. The van der Waals surface area contributed by atoms with Gasteiger partial charge in [-0.05, 0) is 18.9 Å². The van der Waals surface area contributed by atoms with Gasteiger partial charge in [-0.25, -0.2) is 18.6 Å². The topological polar surface area (TPSA) is 79.7 Å². The predicted molar refractivity (Wildman–Crippen MR) is 86.2 cm³/mol. The second kappa shape index (κ2) is 8.10. The van der Waals surface area contributed by atoms with Crippen molar-refractivity contribution in [2.75, 3.05) is 13.7 Å². The molecular formula is C17H20F4N2O4. The second-order valence-corrected chi connectivity index (χ2v) is 6.50. The van der Waals surface area contributed by atoms with Crippen LogP contribution in [0.4, 0.5) is 17.6 Å². The fourth-order valence-electron chi connectivity index (χ4n) is 3.04. The molecule has 1 saturated carbocycles. The molecule has 1 N–H and O–H groups in total. The summed E-state index contributed by atoms with van der Waals surface area (Å²) in [5.74, 6) is -6.33. The molecule has 1 aromatic rings. The quantitative estimate of drug-likeness (QED) is 0.721. The van der Waals surface area contributed by atoms with Gasteiger partial charge >= 0.3 is 18.3 Å². The van der Waals surface area contributed by atoms with Gasteiger partial charge in [-0.1, -0.05) is 19.3 Å². The zero-order valence-electron chi connectivity index (χ0n) is 14.6. The minimum Gasteiger partial charge on any atom is -0.479 e. The molecule has 0 aliphatic heterocycles. The Morgan fingerprint density at radius 2 is 1.93 bits per heavy atom. The number of aliphatic carboxylic acids is 1. The van der Waals surface area contributed by atoms with Gasteiger partial charge in [0.1, 0.15) is 5.54 Å². The number of rotatable bonds is 7. The summed E-state index contributed by atoms with van der Waals surface area (Å²) in [4.78, 5) is 29.2. The van der Waals surface area contributed by atoms with Gasteiger partial charge in [0, 0.05) is 19.3 Å². The molecule has 1 aliphatic rings. The first-order chi connectivity index (χ1) is 12.6. The number of ether oxygens (including phenoxy) is 1. The lowest BCUT2D eigenvalue weighted by molar-refractivity contribution is -0.151. The zero-order valence-corrected chi connectivity index (χ0v) is 14.6. The van der Waals surface area contributed by atoms with E-state index in [1.165, 1.54) is 13.1 Å². The summed E-state index contributed by atoms with van der Waals surface area (Å²) in [6, 6.07) is 2.32. The molecule has 150 valence electrons. The number of hydrogen-bond donors (Lipinski definition) is 1. The molecule has 0 unspecified atom stereocenters. The van der Waals surface area contributed by atoms with Crippen LogP contribution in [0.5, 0.6) is 5.88 Å². The van der Waals surface area contributed by atoms with Crippen molar-refractivity contribution in [2.24, 2.45) is 0 Å². The van der Waals surface area contributed by atoms with Crippen LogP contribution in [-0.4, -0.2) is 58.4 Å². The van der Waals surface area contributed by atoms with E-state index in [1.54, 1.807) is 0 Å². The highest BCUT2D eigenvalue weighted by molar-refractivity contribution is 5.97. The molecule has 1 heterocycles. The van der Waals surface area contributed by atoms with E-state index >= 15 is 0 Å². The highest BCUT2D eigenvalue weighted by Crippen LogP contribution is 2.34. The van der Waals surface area contributed by atoms with Gasteiger partial charge < -0.3 is 14.7 Å². The van der Waals surface area contributed by atoms with Crippen molar-refractivity contribution in [1.82, 2.24) is 9.88 Å². The van der Waals surface area contributed by atoms with Crippen LogP contribution in [-0.2, 0) is 4.79 Å². The summed E-state index contributed by atoms with van der Waals surface area (Å²) in [6.45, 7) is -1.55. The second-order valence-electron chi connectivity index (χ2n) is 6.50. The third-order valence-electron chi connectivity index (χ3n) is 4.74. The number of likely N-dealkylation sites (N-methyl/N-ethyl adjacent to an activating group) is 1. The fourth-order valence-corrected chi connectivity index (χ4v) is 3.04. The highest BCUT2D eigenvalue weighted by atomic mass is 19.3. The first-order valence-electron chi connectivity index (χ1n) is 8.36. The van der Waals surface area contributed by atoms with Gasteiger partial charge in [-0.2, -0.15) is 8.78 Å². The molecule has 0 radical (unpaired) electrons. The first-order valence-corrected chi connectivity index (χ1v) is 8.36. The minimum atomic E-state index is -4.31. The van der Waals surface area contributed by atoms with Crippen molar-refractivity contribution in [2.45, 2.75) is 50.0 Å². The summed E-state index contributed by atoms with van der Waals surface area (Å²) >= 11 is 0. The zero-order chi connectivity index (χ0) is 20.2. The summed E-state index contributed by atoms with van der Waals surface area (Å²) in [7, 11) is 1.40. The number of alkyl halides is 4. The van der Waals surface area contributed by atoms with Crippen LogP contribution in [0.1, 0.15) is 42.5 Å². The number of aromatic nitrogens is 1. The lowest BCUT2D eigenvalue weighted by Crippen LogP contribution is -2.56. The Labute approximate surface area is 153 Å². The Kier molecular flexibility index (Phi) is 6.27. The maximum Gasteiger partial charge on any atom is 0.340 e. The number of halogens is 4. The standard InChI is InChI=1S/C17H20F4N2O4/c1-23(16(15(25)26)7-3-2-4-8-16)13(24)11-5-6-12(22-9-11)27-10-17(20,21)14(18)19/h5-6,9,14H,2-4,7-8,10H2,1H3,(H,25,26). The third-order valence-corrected chi connectivity index (χ3v) is 4.74. The van der Waals surface area contributed by atoms with Gasteiger partial charge in [-0.15, -0.1) is 0 Å². The first kappa shape index (κ1) is 20.9. The third kappa shape index (κ3) is 4.48. The van der Waals surface area contributed by atoms with Gasteiger partial charge in [0.2, 0.25) is 5.88 Å². The normalized spacial score (nSPS) is 16.8. The number of amides is 1. The summed E-state index contributed by atoms with van der Waals surface area (Å²) in [5, 5.41) is 9.63. The van der Waals surface area contributed by atoms with E-state index in [9.17, 15) is 32.3 Å². The van der Waals surface area contributed by atoms with E-state index in [0.717, 1.165) is 23.6 Å². The number of carbonyl (C=O) groups is 2. The lowest BCUT2D eigenvalue weighted by Gasteiger charge is -2.41. The van der Waals surface area contributed by atoms with Gasteiger partial charge in [0.25, 0.3) is 5.91 Å². The Bertz CT molecular complexity index is 676. The van der Waals surface area contributed by atoms with E-state index in [0.29, 0.717) is 25.7 Å². The number of carboxylic acid groups (broad SMARTS) is 1. The van der Waals surface area contributed by atoms with Crippen LogP contribution in [0.15, 0.2) is 18.3 Å². The Morgan fingerprint density at radius 3 is 2.41 bits per heavy atom. The number of pyridine rings is 1. The Morgan fingerprint density at radius 1 is 1.30 bits per heavy atom. The Hall–Kier alpha value is -2.39. The molecule has 1 aromatic heterocycles. The van der Waals surface area contributed by atoms with Gasteiger partial charge in [-0.3, -0.25) is 4.79 Å². The van der Waals surface area contributed by atoms with Crippen molar-refractivity contribution in [1.29, 1.82) is 0 Å². The van der Waals surface area contributed by atoms with Crippen molar-refractivity contribution >= 4 is 11.9 Å². The monoisotopic (exact) mass is 392 g/mol. The molecule has 0 aromatic carbocycles. The van der Waals surface area contributed by atoms with Crippen LogP contribution < -0.4 is 4.74 Å². The largest absolute Gasteiger partial charge is 0.479 e. The number of hydrogen-bond acceptors (Lipinski definition) is 4. The molecule has 10 heteroatoms. The van der Waals surface area contributed by atoms with E-state index in [1.807, 2.05) is 0 Å². The fraction of sp³-hybridized carbons (Fsp3) is 0.588. The molecule has 1 fully saturated rings. The van der Waals surface area contributed by atoms with Gasteiger partial charge in [0.05, 0.1) is 5.56 Å². The number of nitrogens with zero attached hydrogens (tertiary/aromatic N) is 2. The average molecular weight is 392 g/mol. The predicted octanol–water partition coefficient (Wildman–Crippen LogP) is 3.22. The van der Waals surface area contributed by atoms with Crippen molar-refractivity contribution < 1.29 is 37.0 Å². The van der Waals surface area contributed by atoms with E-state index in [4.69, 9.17) is 0 Å². The minimum absolute atomic E-state index is 0.0386. The molecule has 1 amide bonds. The van der Waals surface area contributed by atoms with Crippen molar-refractivity contribution in [3.63, 3.8) is 0 Å². The highest BCUT2D eigenvalue weighted by Gasteiger charge is 2.45. The maximum absolute atomic E-state index is 12.9. The molecule has 0 saturated heterocycles. The molecule has 1 aliphatic carbocycles. The molecule has 0 atom stereocenters. The van der Waals surface area contributed by atoms with E-state index in [2.05, 4.69) is 9.72 Å². The van der Waals surface area contributed by atoms with Crippen LogP contribution in [0, 0.1) is 0 Å². The summed E-state index contributed by atoms with van der Waals surface area (Å²) < 4.78 is 54.4. The van der Waals surface area contributed by atoms with Crippen LogP contribution in [0.25, 0.3) is 0 Å². The van der Waals surface area contributed by atoms with Crippen LogP contribution in [0.2, 0.25) is 0 Å². The van der Waals surface area contributed by atoms with E-state index in [-0.39, 0.29) is 11.4 Å². The molecule has 6 nitrogen and oxygen atoms in total. The lowest BCUT2D eigenvalue weighted by atomic mass is 9.80. The SMILES string of the molecule is CN(C(=O)c1ccc(OCC(F)(F)C(F)F)nc1)C1(C(=O)O)CCCCC1. The Balaban J connectivity index is 2.09. The van der Waals surface area contributed by atoms with Crippen LogP contribution in [0.3, 0.4) is 0 Å². The summed E-state index contributed by atoms with van der Waals surface area (Å²) in [5.41, 5.74) is -1.26. The van der Waals surface area contributed by atoms with Crippen molar-refractivity contribution in [3.8, 4) is 5.88 Å². The molecule has 2 rings (SSSR count). The van der Waals surface area contributed by atoms with E-state index < -0.39 is 36.4 Å². The summed E-state index contributed by atoms with van der Waals surface area (Å²) in [6.07, 6.45) is 0.112. The van der Waals surface area contributed by atoms with Gasteiger partial charge in [0.15, 0.2) is 6.61 Å². The number of carboxylic acids is 1. The molecule has 27 heavy (non-hydrogen) atoms. The molecular weight excluding hydrogens is 372 g/mol. The molecule has 0 bridgehead atoms.